The fraction of sp³-hybridized carbons (Fsp3) is 0.533. The zero-order valence-corrected chi connectivity index (χ0v) is 11.6. The molecule has 0 saturated carbocycles. The summed E-state index contributed by atoms with van der Waals surface area (Å²) in [5, 5.41) is 6.26. The quantitative estimate of drug-likeness (QED) is 0.864. The number of nitrogens with one attached hydrogen (secondary N) is 2. The lowest BCUT2D eigenvalue weighted by molar-refractivity contribution is -0.119. The zero-order valence-electron chi connectivity index (χ0n) is 11.6. The Morgan fingerprint density at radius 1 is 1.30 bits per heavy atom. The number of benzene rings is 1. The van der Waals surface area contributed by atoms with E-state index in [2.05, 4.69) is 10.6 Å². The summed E-state index contributed by atoms with van der Waals surface area (Å²) < 4.78 is 11.2. The smallest absolute Gasteiger partial charge is 0.229 e. The molecule has 3 rings (SSSR count). The van der Waals surface area contributed by atoms with Crippen molar-refractivity contribution in [2.45, 2.75) is 25.8 Å². The fourth-order valence-electron chi connectivity index (χ4n) is 2.69. The number of hydrogen-bond acceptors (Lipinski definition) is 4. The first-order valence-corrected chi connectivity index (χ1v) is 7.18. The second-order valence-corrected chi connectivity index (χ2v) is 5.34. The van der Waals surface area contributed by atoms with Crippen LogP contribution in [-0.2, 0) is 4.79 Å². The van der Waals surface area contributed by atoms with E-state index in [1.165, 1.54) is 0 Å². The molecule has 1 aromatic carbocycles. The van der Waals surface area contributed by atoms with Crippen LogP contribution in [0.5, 0.6) is 11.5 Å². The summed E-state index contributed by atoms with van der Waals surface area (Å²) in [5.74, 6) is 1.55. The molecular formula is C15H20N2O3. The van der Waals surface area contributed by atoms with Crippen LogP contribution in [0.3, 0.4) is 0 Å². The summed E-state index contributed by atoms with van der Waals surface area (Å²) in [5.41, 5.74) is 0.762. The van der Waals surface area contributed by atoms with Gasteiger partial charge in [0, 0.05) is 24.2 Å². The maximum absolute atomic E-state index is 12.2. The minimum absolute atomic E-state index is 0.0333. The number of anilines is 1. The molecule has 2 atom stereocenters. The molecule has 2 aliphatic rings. The van der Waals surface area contributed by atoms with Crippen LogP contribution >= 0.6 is 0 Å². The third-order valence-corrected chi connectivity index (χ3v) is 3.88. The molecule has 5 heteroatoms. The van der Waals surface area contributed by atoms with E-state index in [-0.39, 0.29) is 17.9 Å². The normalized spacial score (nSPS) is 25.1. The maximum Gasteiger partial charge on any atom is 0.229 e. The Kier molecular flexibility index (Phi) is 3.78. The van der Waals surface area contributed by atoms with Crippen LogP contribution in [0.15, 0.2) is 18.2 Å². The van der Waals surface area contributed by atoms with E-state index >= 15 is 0 Å². The van der Waals surface area contributed by atoms with Crippen molar-refractivity contribution in [1.82, 2.24) is 5.32 Å². The van der Waals surface area contributed by atoms with Gasteiger partial charge in [-0.2, -0.15) is 0 Å². The molecule has 0 spiro atoms. The van der Waals surface area contributed by atoms with Gasteiger partial charge in [0.25, 0.3) is 0 Å². The van der Waals surface area contributed by atoms with Crippen molar-refractivity contribution < 1.29 is 14.3 Å². The van der Waals surface area contributed by atoms with E-state index in [0.29, 0.717) is 19.0 Å². The van der Waals surface area contributed by atoms with Crippen LogP contribution in [0.2, 0.25) is 0 Å². The number of fused-ring (bicyclic) bond motifs is 1. The molecule has 20 heavy (non-hydrogen) atoms. The molecule has 0 bridgehead atoms. The first kappa shape index (κ1) is 13.2. The van der Waals surface area contributed by atoms with Crippen molar-refractivity contribution in [3.63, 3.8) is 0 Å². The highest BCUT2D eigenvalue weighted by molar-refractivity contribution is 5.93. The first-order valence-electron chi connectivity index (χ1n) is 7.18. The number of carbonyl (C=O) groups is 1. The molecule has 5 nitrogen and oxygen atoms in total. The Bertz CT molecular complexity index is 504. The molecule has 2 heterocycles. The molecule has 0 aromatic heterocycles. The summed E-state index contributed by atoms with van der Waals surface area (Å²) >= 11 is 0. The molecule has 1 amide bonds. The molecule has 0 aliphatic carbocycles. The second kappa shape index (κ2) is 5.71. The van der Waals surface area contributed by atoms with Crippen LogP contribution in [-0.4, -0.2) is 31.7 Å². The molecule has 0 radical (unpaired) electrons. The minimum atomic E-state index is 0.0333. The third kappa shape index (κ3) is 2.72. The zero-order chi connectivity index (χ0) is 13.9. The van der Waals surface area contributed by atoms with Gasteiger partial charge in [0.1, 0.15) is 0 Å². The maximum atomic E-state index is 12.2. The van der Waals surface area contributed by atoms with Crippen LogP contribution in [0.25, 0.3) is 0 Å². The Hall–Kier alpha value is -1.75. The lowest BCUT2D eigenvalue weighted by Crippen LogP contribution is -2.32. The fourth-order valence-corrected chi connectivity index (χ4v) is 2.69. The van der Waals surface area contributed by atoms with Gasteiger partial charge in [-0.15, -0.1) is 0 Å². The van der Waals surface area contributed by atoms with E-state index < -0.39 is 0 Å². The predicted octanol–water partition coefficient (Wildman–Crippen LogP) is 1.78. The highest BCUT2D eigenvalue weighted by Crippen LogP contribution is 2.32. The van der Waals surface area contributed by atoms with Gasteiger partial charge < -0.3 is 20.1 Å². The summed E-state index contributed by atoms with van der Waals surface area (Å²) in [6, 6.07) is 5.78. The van der Waals surface area contributed by atoms with Crippen molar-refractivity contribution in [2.24, 2.45) is 5.92 Å². The molecule has 1 fully saturated rings. The van der Waals surface area contributed by atoms with E-state index in [1.807, 2.05) is 25.1 Å². The van der Waals surface area contributed by atoms with Gasteiger partial charge in [-0.25, -0.2) is 0 Å². The van der Waals surface area contributed by atoms with Gasteiger partial charge in [0.2, 0.25) is 5.91 Å². The van der Waals surface area contributed by atoms with Gasteiger partial charge in [-0.3, -0.25) is 4.79 Å². The van der Waals surface area contributed by atoms with Gasteiger partial charge in [0.05, 0.1) is 19.1 Å². The number of hydrogen-bond donors (Lipinski definition) is 2. The van der Waals surface area contributed by atoms with Crippen molar-refractivity contribution in [3.05, 3.63) is 18.2 Å². The number of ether oxygens (including phenoxy) is 2. The van der Waals surface area contributed by atoms with Crippen LogP contribution in [0, 0.1) is 5.92 Å². The highest BCUT2D eigenvalue weighted by Gasteiger charge is 2.29. The molecule has 2 N–H and O–H groups in total. The molecule has 2 aliphatic heterocycles. The van der Waals surface area contributed by atoms with Crippen molar-refractivity contribution in [3.8, 4) is 11.5 Å². The van der Waals surface area contributed by atoms with Crippen LogP contribution in [0.1, 0.15) is 19.8 Å². The lowest BCUT2D eigenvalue weighted by atomic mass is 10.0. The molecule has 108 valence electrons. The Morgan fingerprint density at radius 3 is 2.85 bits per heavy atom. The van der Waals surface area contributed by atoms with Gasteiger partial charge in [0.15, 0.2) is 11.5 Å². The number of rotatable bonds is 2. The van der Waals surface area contributed by atoms with Gasteiger partial charge in [-0.05, 0) is 32.0 Å². The largest absolute Gasteiger partial charge is 0.490 e. The molecule has 2 unspecified atom stereocenters. The Labute approximate surface area is 118 Å². The van der Waals surface area contributed by atoms with E-state index in [1.54, 1.807) is 0 Å². The predicted molar refractivity (Wildman–Crippen MR) is 76.3 cm³/mol. The van der Waals surface area contributed by atoms with Crippen molar-refractivity contribution in [2.75, 3.05) is 25.1 Å². The number of amides is 1. The first-order chi connectivity index (χ1) is 9.74. The minimum Gasteiger partial charge on any atom is -0.490 e. The highest BCUT2D eigenvalue weighted by atomic mass is 16.5. The third-order valence-electron chi connectivity index (χ3n) is 3.88. The summed E-state index contributed by atoms with van der Waals surface area (Å²) in [4.78, 5) is 12.2. The van der Waals surface area contributed by atoms with Crippen molar-refractivity contribution >= 4 is 11.6 Å². The number of carbonyl (C=O) groups excluding carboxylic acids is 1. The van der Waals surface area contributed by atoms with Gasteiger partial charge in [-0.1, -0.05) is 0 Å². The topological polar surface area (TPSA) is 59.6 Å². The second-order valence-electron chi connectivity index (χ2n) is 5.34. The van der Waals surface area contributed by atoms with Crippen molar-refractivity contribution in [1.29, 1.82) is 0 Å². The SMILES string of the molecule is CC1NCCC1C(=O)Nc1ccc2c(c1)OCCCO2. The summed E-state index contributed by atoms with van der Waals surface area (Å²) in [6.07, 6.45) is 1.76. The summed E-state index contributed by atoms with van der Waals surface area (Å²) in [7, 11) is 0. The van der Waals surface area contributed by atoms with E-state index in [4.69, 9.17) is 9.47 Å². The lowest BCUT2D eigenvalue weighted by Gasteiger charge is -2.16. The van der Waals surface area contributed by atoms with Crippen LogP contribution < -0.4 is 20.1 Å². The standard InChI is InChI=1S/C15H20N2O3/c1-10-12(5-6-16-10)15(18)17-11-3-4-13-14(9-11)20-8-2-7-19-13/h3-4,9-10,12,16H,2,5-8H2,1H3,(H,17,18). The molecular weight excluding hydrogens is 256 g/mol. The summed E-state index contributed by atoms with van der Waals surface area (Å²) in [6.45, 7) is 4.27. The average molecular weight is 276 g/mol. The van der Waals surface area contributed by atoms with Gasteiger partial charge >= 0.3 is 0 Å². The monoisotopic (exact) mass is 276 g/mol. The average Bonchev–Trinajstić information content (AvgIpc) is 2.73. The van der Waals surface area contributed by atoms with Crippen LogP contribution in [0.4, 0.5) is 5.69 Å². The molecule has 1 saturated heterocycles. The van der Waals surface area contributed by atoms with E-state index in [9.17, 15) is 4.79 Å². The Morgan fingerprint density at radius 2 is 2.10 bits per heavy atom. The Balaban J connectivity index is 1.71. The van der Waals surface area contributed by atoms with E-state index in [0.717, 1.165) is 30.8 Å². The molecule has 1 aromatic rings.